The van der Waals surface area contributed by atoms with Crippen LogP contribution in [-0.2, 0) is 11.4 Å². The van der Waals surface area contributed by atoms with Gasteiger partial charge in [0.05, 0.1) is 11.5 Å². The van der Waals surface area contributed by atoms with Crippen molar-refractivity contribution < 1.29 is 19.6 Å². The number of aliphatic hydroxyl groups is 1. The molecule has 1 aromatic rings. The van der Waals surface area contributed by atoms with Crippen LogP contribution in [0.25, 0.3) is 0 Å². The number of benzene rings is 1. The van der Waals surface area contributed by atoms with E-state index in [-0.39, 0.29) is 30.6 Å². The van der Waals surface area contributed by atoms with Gasteiger partial charge in [-0.3, -0.25) is 14.9 Å². The first-order valence-corrected chi connectivity index (χ1v) is 6.40. The Morgan fingerprint density at radius 2 is 2.10 bits per heavy atom. The highest BCUT2D eigenvalue weighted by atomic mass is 16.6. The number of ether oxygens (including phenoxy) is 1. The topological polar surface area (TPSA) is 92.9 Å². The molecule has 0 spiro atoms. The number of amides is 1. The van der Waals surface area contributed by atoms with Gasteiger partial charge in [-0.1, -0.05) is 0 Å². The maximum absolute atomic E-state index is 11.8. The van der Waals surface area contributed by atoms with Crippen molar-refractivity contribution in [3.05, 3.63) is 33.9 Å². The lowest BCUT2D eigenvalue weighted by Crippen LogP contribution is -2.32. The zero-order valence-electron chi connectivity index (χ0n) is 10.9. The molecule has 1 amide bonds. The predicted octanol–water partition coefficient (Wildman–Crippen LogP) is 1.09. The third kappa shape index (κ3) is 3.24. The Bertz CT molecular complexity index is 511. The molecule has 2 rings (SSSR count). The second kappa shape index (κ2) is 6.33. The summed E-state index contributed by atoms with van der Waals surface area (Å²) in [6.45, 7) is 0.950. The van der Waals surface area contributed by atoms with Gasteiger partial charge in [-0.15, -0.1) is 0 Å². The van der Waals surface area contributed by atoms with Crippen LogP contribution in [0.5, 0.6) is 5.75 Å². The van der Waals surface area contributed by atoms with Crippen LogP contribution in [0.2, 0.25) is 0 Å². The van der Waals surface area contributed by atoms with E-state index in [0.717, 1.165) is 12.8 Å². The molecule has 108 valence electrons. The predicted molar refractivity (Wildman–Crippen MR) is 70.3 cm³/mol. The highest BCUT2D eigenvalue weighted by Gasteiger charge is 2.21. The maximum Gasteiger partial charge on any atom is 0.310 e. The molecule has 1 saturated heterocycles. The summed E-state index contributed by atoms with van der Waals surface area (Å²) in [5, 5.41) is 19.9. The molecule has 1 heterocycles. The van der Waals surface area contributed by atoms with Crippen LogP contribution in [0.15, 0.2) is 18.2 Å². The van der Waals surface area contributed by atoms with Crippen molar-refractivity contribution in [2.75, 3.05) is 19.7 Å². The normalized spacial score (nSPS) is 14.3. The Hall–Kier alpha value is -2.15. The first-order valence-electron chi connectivity index (χ1n) is 6.40. The summed E-state index contributed by atoms with van der Waals surface area (Å²) >= 11 is 0. The third-order valence-electron chi connectivity index (χ3n) is 3.21. The molecular formula is C13H16N2O5. The highest BCUT2D eigenvalue weighted by Crippen LogP contribution is 2.28. The van der Waals surface area contributed by atoms with E-state index >= 15 is 0 Å². The Morgan fingerprint density at radius 3 is 2.70 bits per heavy atom. The second-order valence-electron chi connectivity index (χ2n) is 4.59. The van der Waals surface area contributed by atoms with Crippen molar-refractivity contribution >= 4 is 11.6 Å². The minimum atomic E-state index is -0.573. The molecule has 0 radical (unpaired) electrons. The van der Waals surface area contributed by atoms with Crippen LogP contribution in [0.4, 0.5) is 5.69 Å². The van der Waals surface area contributed by atoms with Crippen molar-refractivity contribution in [2.45, 2.75) is 19.4 Å². The molecule has 7 heteroatoms. The highest BCUT2D eigenvalue weighted by molar-refractivity contribution is 5.78. The molecule has 0 atom stereocenters. The Labute approximate surface area is 115 Å². The van der Waals surface area contributed by atoms with Gasteiger partial charge in [0.25, 0.3) is 5.91 Å². The summed E-state index contributed by atoms with van der Waals surface area (Å²) in [6, 6.07) is 4.10. The van der Waals surface area contributed by atoms with E-state index in [9.17, 15) is 14.9 Å². The molecule has 0 aromatic heterocycles. The Balaban J connectivity index is 2.06. The second-order valence-corrected chi connectivity index (χ2v) is 4.59. The van der Waals surface area contributed by atoms with E-state index in [4.69, 9.17) is 9.84 Å². The average molecular weight is 280 g/mol. The fraction of sp³-hybridized carbons (Fsp3) is 0.462. The van der Waals surface area contributed by atoms with Gasteiger partial charge >= 0.3 is 5.69 Å². The van der Waals surface area contributed by atoms with Gasteiger partial charge in [0.15, 0.2) is 12.4 Å². The molecule has 7 nitrogen and oxygen atoms in total. The van der Waals surface area contributed by atoms with Crippen molar-refractivity contribution in [3.8, 4) is 5.75 Å². The number of nitrogens with zero attached hydrogens (tertiary/aromatic N) is 2. The van der Waals surface area contributed by atoms with E-state index in [1.807, 2.05) is 0 Å². The standard InChI is InChI=1S/C13H16N2O5/c16-8-10-3-4-11(15(18)19)12(7-10)20-9-13(17)14-5-1-2-6-14/h3-4,7,16H,1-2,5-6,8-9H2. The van der Waals surface area contributed by atoms with Gasteiger partial charge in [-0.05, 0) is 30.5 Å². The molecule has 20 heavy (non-hydrogen) atoms. The van der Waals surface area contributed by atoms with Crippen molar-refractivity contribution in [1.29, 1.82) is 0 Å². The van der Waals surface area contributed by atoms with E-state index in [1.54, 1.807) is 4.90 Å². The van der Waals surface area contributed by atoms with E-state index in [1.165, 1.54) is 18.2 Å². The van der Waals surface area contributed by atoms with Gasteiger partial charge in [-0.25, -0.2) is 0 Å². The van der Waals surface area contributed by atoms with Crippen LogP contribution in [-0.4, -0.2) is 40.5 Å². The molecule has 1 aliphatic rings. The SMILES string of the molecule is O=C(COc1cc(CO)ccc1[N+](=O)[O-])N1CCCC1. The zero-order chi connectivity index (χ0) is 14.5. The van der Waals surface area contributed by atoms with Gasteiger partial charge in [-0.2, -0.15) is 0 Å². The average Bonchev–Trinajstić information content (AvgIpc) is 2.98. The van der Waals surface area contributed by atoms with Gasteiger partial charge < -0.3 is 14.7 Å². The quantitative estimate of drug-likeness (QED) is 0.643. The molecule has 1 aromatic carbocycles. The van der Waals surface area contributed by atoms with E-state index < -0.39 is 4.92 Å². The van der Waals surface area contributed by atoms with Crippen molar-refractivity contribution in [1.82, 2.24) is 4.90 Å². The molecule has 1 aliphatic heterocycles. The minimum absolute atomic E-state index is 0.00842. The molecule has 0 aliphatic carbocycles. The number of rotatable bonds is 5. The van der Waals surface area contributed by atoms with Gasteiger partial charge in [0, 0.05) is 19.2 Å². The Morgan fingerprint density at radius 1 is 1.40 bits per heavy atom. The fourth-order valence-electron chi connectivity index (χ4n) is 2.12. The number of carbonyl (C=O) groups is 1. The largest absolute Gasteiger partial charge is 0.477 e. The smallest absolute Gasteiger partial charge is 0.310 e. The minimum Gasteiger partial charge on any atom is -0.477 e. The lowest BCUT2D eigenvalue weighted by atomic mass is 10.2. The lowest BCUT2D eigenvalue weighted by Gasteiger charge is -2.15. The fourth-order valence-corrected chi connectivity index (χ4v) is 2.12. The third-order valence-corrected chi connectivity index (χ3v) is 3.21. The number of nitro benzene ring substituents is 1. The number of likely N-dealkylation sites (tertiary alicyclic amines) is 1. The van der Waals surface area contributed by atoms with Crippen molar-refractivity contribution in [2.24, 2.45) is 0 Å². The van der Waals surface area contributed by atoms with Crippen LogP contribution in [0, 0.1) is 10.1 Å². The van der Waals surface area contributed by atoms with Crippen LogP contribution < -0.4 is 4.74 Å². The number of nitro groups is 1. The Kier molecular flexibility index (Phi) is 4.52. The van der Waals surface area contributed by atoms with Gasteiger partial charge in [0.2, 0.25) is 0 Å². The number of hydrogen-bond acceptors (Lipinski definition) is 5. The summed E-state index contributed by atoms with van der Waals surface area (Å²) in [7, 11) is 0. The first-order chi connectivity index (χ1) is 9.61. The zero-order valence-corrected chi connectivity index (χ0v) is 10.9. The summed E-state index contributed by atoms with van der Waals surface area (Å²) in [5.41, 5.74) is 0.288. The van der Waals surface area contributed by atoms with Crippen LogP contribution >= 0.6 is 0 Å². The van der Waals surface area contributed by atoms with E-state index in [0.29, 0.717) is 18.7 Å². The van der Waals surface area contributed by atoms with Gasteiger partial charge in [0.1, 0.15) is 0 Å². The molecule has 1 fully saturated rings. The van der Waals surface area contributed by atoms with E-state index in [2.05, 4.69) is 0 Å². The monoisotopic (exact) mass is 280 g/mol. The molecular weight excluding hydrogens is 264 g/mol. The summed E-state index contributed by atoms with van der Waals surface area (Å²) in [4.78, 5) is 23.8. The number of hydrogen-bond donors (Lipinski definition) is 1. The maximum atomic E-state index is 11.8. The molecule has 0 bridgehead atoms. The molecule has 0 unspecified atom stereocenters. The lowest BCUT2D eigenvalue weighted by molar-refractivity contribution is -0.385. The molecule has 0 saturated carbocycles. The number of carbonyl (C=O) groups excluding carboxylic acids is 1. The summed E-state index contributed by atoms with van der Waals surface area (Å²) < 4.78 is 5.27. The summed E-state index contributed by atoms with van der Waals surface area (Å²) in [6.07, 6.45) is 1.96. The molecule has 1 N–H and O–H groups in total. The van der Waals surface area contributed by atoms with Crippen LogP contribution in [0.1, 0.15) is 18.4 Å². The van der Waals surface area contributed by atoms with Crippen molar-refractivity contribution in [3.63, 3.8) is 0 Å². The van der Waals surface area contributed by atoms with Crippen LogP contribution in [0.3, 0.4) is 0 Å². The first kappa shape index (κ1) is 14.3. The number of aliphatic hydroxyl groups excluding tert-OH is 1. The summed E-state index contributed by atoms with van der Waals surface area (Å²) in [5.74, 6) is -0.166.